The van der Waals surface area contributed by atoms with E-state index in [4.69, 9.17) is 30.1 Å². The fraction of sp³-hybridized carbons (Fsp3) is 0.846. The number of carbonyl (C=O) groups is 2. The molecule has 5 atom stereocenters. The van der Waals surface area contributed by atoms with Gasteiger partial charge in [0.1, 0.15) is 7.49 Å². The van der Waals surface area contributed by atoms with Crippen LogP contribution in [0.3, 0.4) is 0 Å². The van der Waals surface area contributed by atoms with E-state index in [1.165, 1.54) is 0 Å². The van der Waals surface area contributed by atoms with Gasteiger partial charge in [-0.3, -0.25) is 4.79 Å². The number of carbonyl (C=O) groups excluding carboxylic acids is 2. The van der Waals surface area contributed by atoms with Crippen molar-refractivity contribution in [3.05, 3.63) is 11.6 Å². The molecule has 0 heterocycles. The Kier molecular flexibility index (Phi) is 3.95. The van der Waals surface area contributed by atoms with Crippen molar-refractivity contribution in [1.82, 2.24) is 10.6 Å². The number of likely N-dealkylation sites (N-methyl/N-ethyl adjacent to an activating group) is 1. The average Bonchev–Trinajstić information content (AvgIpc) is 2.86. The predicted molar refractivity (Wildman–Crippen MR) is 130 cm³/mol. The zero-order chi connectivity index (χ0) is 40.9. The summed E-state index contributed by atoms with van der Waals surface area (Å²) in [7, 11) is 0.709. The van der Waals surface area contributed by atoms with Gasteiger partial charge < -0.3 is 20.1 Å². The zero-order valence-corrected chi connectivity index (χ0v) is 20.5. The van der Waals surface area contributed by atoms with E-state index in [0.29, 0.717) is 20.9 Å². The summed E-state index contributed by atoms with van der Waals surface area (Å²) in [6.45, 7) is 4.48. The SMILES string of the molecule is [2H]C1=C(C(=O)OC([2H])(C)C([2H])([2H])[2H])C([2H])([2H])[C@]([2H])(N([2H])C)[C@@](C)(N([2H])C(=O)C([2H])(C)C)[C@]1([2H])OC(C)(C([2H])([2H])C([2H])([2H])C)C(C)(C)C([2H])([2H])C. The van der Waals surface area contributed by atoms with Gasteiger partial charge in [0.25, 0.3) is 0 Å². The lowest BCUT2D eigenvalue weighted by atomic mass is 9.70. The van der Waals surface area contributed by atoms with Crippen LogP contribution in [0, 0.1) is 11.3 Å². The molecule has 2 unspecified atom stereocenters. The first-order valence-corrected chi connectivity index (χ1v) is 10.1. The van der Waals surface area contributed by atoms with Crippen LogP contribution in [-0.4, -0.2) is 48.2 Å². The van der Waals surface area contributed by atoms with Gasteiger partial charge in [0.05, 0.1) is 21.3 Å². The summed E-state index contributed by atoms with van der Waals surface area (Å²) in [5, 5.41) is -0.315. The second-order valence-corrected chi connectivity index (χ2v) is 8.35. The van der Waals surface area contributed by atoms with Crippen LogP contribution in [0.4, 0.5) is 0 Å². The summed E-state index contributed by atoms with van der Waals surface area (Å²) in [4.78, 5) is 27.4. The quantitative estimate of drug-likeness (QED) is 0.426. The summed E-state index contributed by atoms with van der Waals surface area (Å²) in [5.41, 5.74) is -10.5. The second kappa shape index (κ2) is 11.1. The molecule has 0 aromatic heterocycles. The number of rotatable bonds is 11. The molecule has 1 aliphatic rings. The Balaban J connectivity index is 4.87. The molecular formula is C26H48N2O4. The van der Waals surface area contributed by atoms with Crippen LogP contribution in [-0.2, 0) is 19.1 Å². The summed E-state index contributed by atoms with van der Waals surface area (Å²) < 4.78 is 166. The lowest BCUT2D eigenvalue weighted by molar-refractivity contribution is -0.169. The highest BCUT2D eigenvalue weighted by atomic mass is 16.5. The van der Waals surface area contributed by atoms with Crippen molar-refractivity contribution in [1.29, 1.82) is 0 Å². The maximum atomic E-state index is 13.8. The van der Waals surface area contributed by atoms with Gasteiger partial charge in [-0.05, 0) is 65.3 Å². The van der Waals surface area contributed by atoms with Gasteiger partial charge in [0.15, 0.2) is 1.41 Å². The number of hydrogen-bond donors (Lipinski definition) is 2. The van der Waals surface area contributed by atoms with E-state index in [0.717, 1.165) is 48.5 Å². The summed E-state index contributed by atoms with van der Waals surface area (Å²) in [5.74, 6) is -5.98. The third-order valence-corrected chi connectivity index (χ3v) is 5.30. The molecule has 6 nitrogen and oxygen atoms in total. The van der Waals surface area contributed by atoms with Crippen LogP contribution >= 0.6 is 0 Å². The van der Waals surface area contributed by atoms with Gasteiger partial charge in [0.2, 0.25) is 5.91 Å². The molecule has 2 N–H and O–H groups in total. The maximum absolute atomic E-state index is 13.8. The van der Waals surface area contributed by atoms with Crippen LogP contribution in [0.5, 0.6) is 0 Å². The number of esters is 1. The van der Waals surface area contributed by atoms with Crippen molar-refractivity contribution in [2.45, 2.75) is 124 Å². The molecule has 32 heavy (non-hydrogen) atoms. The molecule has 0 bridgehead atoms. The van der Waals surface area contributed by atoms with Crippen molar-refractivity contribution in [3.63, 3.8) is 0 Å². The van der Waals surface area contributed by atoms with E-state index in [1.807, 2.05) is 0 Å². The van der Waals surface area contributed by atoms with Gasteiger partial charge in [-0.2, -0.15) is 0 Å². The van der Waals surface area contributed by atoms with Crippen molar-refractivity contribution >= 4 is 11.9 Å². The predicted octanol–water partition coefficient (Wildman–Crippen LogP) is 4.77. The summed E-state index contributed by atoms with van der Waals surface area (Å²) in [6, 6.07) is -5.41. The molecule has 0 aromatic carbocycles. The molecule has 6 heteroatoms. The largest absolute Gasteiger partial charge is 0.460 e. The first-order valence-electron chi connectivity index (χ1n) is 19.0. The third kappa shape index (κ3) is 6.34. The first-order chi connectivity index (χ1) is 21.4. The van der Waals surface area contributed by atoms with Gasteiger partial charge in [0, 0.05) is 35.3 Å². The van der Waals surface area contributed by atoms with E-state index < -0.39 is 96.5 Å². The van der Waals surface area contributed by atoms with Crippen molar-refractivity contribution in [2.24, 2.45) is 11.3 Å². The number of nitrogens with one attached hydrogen (secondary N) is 2. The average molecular weight is 471 g/mol. The van der Waals surface area contributed by atoms with Crippen molar-refractivity contribution in [3.8, 4) is 0 Å². The van der Waals surface area contributed by atoms with Crippen LogP contribution in [0.1, 0.15) is 117 Å². The van der Waals surface area contributed by atoms with E-state index in [1.54, 1.807) is 0 Å². The normalized spacial score (nSPS) is 44.7. The molecule has 1 aliphatic carbocycles. The Morgan fingerprint density at radius 1 is 1.47 bits per heavy atom. The van der Waals surface area contributed by atoms with E-state index in [-0.39, 0.29) is 10.6 Å². The molecule has 0 saturated heterocycles. The Morgan fingerprint density at radius 3 is 2.56 bits per heavy atom. The highest BCUT2D eigenvalue weighted by Gasteiger charge is 2.51. The third-order valence-electron chi connectivity index (χ3n) is 5.30. The van der Waals surface area contributed by atoms with E-state index in [2.05, 4.69) is 0 Å². The molecule has 1 amide bonds. The fourth-order valence-electron chi connectivity index (χ4n) is 2.71. The minimum absolute atomic E-state index is 0.0376. The first kappa shape index (κ1) is 11.4. The smallest absolute Gasteiger partial charge is 0.334 e. The highest BCUT2D eigenvalue weighted by molar-refractivity contribution is 5.89. The highest BCUT2D eigenvalue weighted by Crippen LogP contribution is 2.44. The van der Waals surface area contributed by atoms with Gasteiger partial charge >= 0.3 is 5.97 Å². The summed E-state index contributed by atoms with van der Waals surface area (Å²) >= 11 is 0. The molecule has 1 rings (SSSR count). The minimum atomic E-state index is -3.86. The van der Waals surface area contributed by atoms with Gasteiger partial charge in [-0.1, -0.05) is 47.9 Å². The molecule has 0 aliphatic heterocycles. The molecule has 0 fully saturated rings. The van der Waals surface area contributed by atoms with Crippen LogP contribution in [0.2, 0.25) is 2.82 Å². The molecular weight excluding hydrogens is 404 g/mol. The fourth-order valence-corrected chi connectivity index (χ4v) is 2.71. The molecule has 0 spiro atoms. The number of amides is 1. The number of hydrogen-bond acceptors (Lipinski definition) is 5. The number of ether oxygens (including phenoxy) is 2. The standard InChI is InChI=1S/C26H48N2O4/c1-12-14-25(9,24(7,8)13-2)32-21-16-19(23(30)31-18(5)6)15-20(27-11)26(21,10)28-22(29)17(3)4/h16-18,20-21,27H,12-15H2,1-11H3,(H,28,29)/t20-,21+,25?,26+/m0/s1/i5D3,12D2,13D2,14D2,15D2,16D,17D,18D,20D,21D/hD2/t18?,20-,21+,25?,26+. The Hall–Kier alpha value is -1.40. The molecule has 186 valence electrons. The topological polar surface area (TPSA) is 76.7 Å². The lowest BCUT2D eigenvalue weighted by Crippen LogP contribution is -2.69. The molecule has 0 radical (unpaired) electrons. The molecule has 0 saturated carbocycles. The Bertz CT molecular complexity index is 1350. The summed E-state index contributed by atoms with van der Waals surface area (Å²) in [6.07, 6.45) is -19.8. The zero-order valence-electron chi connectivity index (χ0n) is 38.5. The van der Waals surface area contributed by atoms with Gasteiger partial charge in [-0.25, -0.2) is 4.79 Å². The van der Waals surface area contributed by atoms with Crippen molar-refractivity contribution < 1.29 is 43.8 Å². The van der Waals surface area contributed by atoms with Crippen LogP contribution in [0.15, 0.2) is 11.6 Å². The van der Waals surface area contributed by atoms with Crippen LogP contribution < -0.4 is 10.6 Å². The lowest BCUT2D eigenvalue weighted by Gasteiger charge is -2.52. The monoisotopic (exact) mass is 470 g/mol. The Labute approximate surface area is 221 Å². The van der Waals surface area contributed by atoms with E-state index >= 15 is 0 Å². The van der Waals surface area contributed by atoms with Crippen LogP contribution in [0.25, 0.3) is 0 Å². The molecule has 0 aromatic rings. The minimum Gasteiger partial charge on any atom is -0.460 e. The van der Waals surface area contributed by atoms with E-state index in [9.17, 15) is 13.7 Å². The second-order valence-electron chi connectivity index (χ2n) is 8.35. The van der Waals surface area contributed by atoms with Gasteiger partial charge in [-0.15, -0.1) is 0 Å². The van der Waals surface area contributed by atoms with Crippen molar-refractivity contribution in [2.75, 3.05) is 7.05 Å². The Morgan fingerprint density at radius 2 is 2.09 bits per heavy atom. The maximum Gasteiger partial charge on any atom is 0.334 e.